The fraction of sp³-hybridized carbons (Fsp3) is 0.0769. The first-order chi connectivity index (χ1) is 6.93. The van der Waals surface area contributed by atoms with Gasteiger partial charge in [0.25, 0.3) is 0 Å². The zero-order valence-corrected chi connectivity index (χ0v) is 11.1. The molecule has 1 aliphatic heterocycles. The second kappa shape index (κ2) is 4.27. The summed E-state index contributed by atoms with van der Waals surface area (Å²) in [7, 11) is 0. The van der Waals surface area contributed by atoms with E-state index in [-0.39, 0.29) is 23.9 Å². The van der Waals surface area contributed by atoms with Crippen molar-refractivity contribution in [1.82, 2.24) is 0 Å². The predicted molar refractivity (Wildman–Crippen MR) is 61.5 cm³/mol. The summed E-state index contributed by atoms with van der Waals surface area (Å²) < 4.78 is 5.78. The summed E-state index contributed by atoms with van der Waals surface area (Å²) in [6.07, 6.45) is 0.979. The molecule has 0 atom stereocenters. The Balaban J connectivity index is 0.000000853. The largest absolute Gasteiger partial charge is 0.457 e. The van der Waals surface area contributed by atoms with Gasteiger partial charge in [0.15, 0.2) is 0 Å². The number of benzene rings is 2. The van der Waals surface area contributed by atoms with Crippen LogP contribution in [0.25, 0.3) is 0 Å². The summed E-state index contributed by atoms with van der Waals surface area (Å²) in [5.41, 5.74) is 2.54. The summed E-state index contributed by atoms with van der Waals surface area (Å²) in [6.45, 7) is 0. The first kappa shape index (κ1) is 10.6. The van der Waals surface area contributed by atoms with Crippen LogP contribution in [0.5, 0.6) is 11.5 Å². The molecule has 2 aromatic rings. The monoisotopic (exact) mass is 302 g/mol. The molecule has 0 spiro atoms. The molecular formula is C13H10OSn. The molecule has 2 aromatic carbocycles. The van der Waals surface area contributed by atoms with Gasteiger partial charge in [-0.3, -0.25) is 0 Å². The molecular weight excluding hydrogens is 291 g/mol. The van der Waals surface area contributed by atoms with E-state index in [2.05, 4.69) is 24.3 Å². The average Bonchev–Trinajstić information content (AvgIpc) is 2.26. The maximum Gasteiger partial charge on any atom is 0.130 e. The second-order valence-electron chi connectivity index (χ2n) is 3.49. The van der Waals surface area contributed by atoms with Crippen molar-refractivity contribution in [2.75, 3.05) is 0 Å². The molecule has 2 heteroatoms. The number of hydrogen-bond acceptors (Lipinski definition) is 1. The van der Waals surface area contributed by atoms with Gasteiger partial charge in [-0.25, -0.2) is 0 Å². The van der Waals surface area contributed by atoms with Crippen LogP contribution in [0.15, 0.2) is 48.5 Å². The van der Waals surface area contributed by atoms with Crippen LogP contribution < -0.4 is 4.74 Å². The minimum absolute atomic E-state index is 0. The Morgan fingerprint density at radius 1 is 0.733 bits per heavy atom. The molecule has 15 heavy (non-hydrogen) atoms. The van der Waals surface area contributed by atoms with Gasteiger partial charge in [0.05, 0.1) is 0 Å². The summed E-state index contributed by atoms with van der Waals surface area (Å²) in [5, 5.41) is 0. The number of ether oxygens (including phenoxy) is 1. The molecule has 0 amide bonds. The molecule has 3 rings (SSSR count). The van der Waals surface area contributed by atoms with Crippen molar-refractivity contribution in [2.24, 2.45) is 0 Å². The van der Waals surface area contributed by atoms with Gasteiger partial charge < -0.3 is 4.74 Å². The Labute approximate surface area is 106 Å². The Morgan fingerprint density at radius 3 is 1.73 bits per heavy atom. The first-order valence-electron chi connectivity index (χ1n) is 4.77. The fourth-order valence-corrected chi connectivity index (χ4v) is 1.82. The van der Waals surface area contributed by atoms with Crippen LogP contribution in [-0.2, 0) is 6.42 Å². The van der Waals surface area contributed by atoms with Crippen molar-refractivity contribution >= 4 is 23.9 Å². The number of rotatable bonds is 0. The molecule has 0 aliphatic carbocycles. The van der Waals surface area contributed by atoms with Crippen LogP contribution in [0.3, 0.4) is 0 Å². The van der Waals surface area contributed by atoms with E-state index in [0.717, 1.165) is 17.9 Å². The minimum Gasteiger partial charge on any atom is -0.457 e. The van der Waals surface area contributed by atoms with Gasteiger partial charge in [0, 0.05) is 30.3 Å². The second-order valence-corrected chi connectivity index (χ2v) is 3.49. The molecule has 1 heterocycles. The molecule has 1 nitrogen and oxygen atoms in total. The van der Waals surface area contributed by atoms with Gasteiger partial charge in [0.2, 0.25) is 0 Å². The third-order valence-corrected chi connectivity index (χ3v) is 2.55. The fourth-order valence-electron chi connectivity index (χ4n) is 1.82. The normalized spacial score (nSPS) is 11.7. The summed E-state index contributed by atoms with van der Waals surface area (Å²) in [6, 6.07) is 16.4. The Kier molecular flexibility index (Phi) is 3.00. The van der Waals surface area contributed by atoms with E-state index in [9.17, 15) is 0 Å². The molecule has 0 N–H and O–H groups in total. The van der Waals surface area contributed by atoms with Crippen molar-refractivity contribution in [3.63, 3.8) is 0 Å². The molecule has 0 saturated heterocycles. The van der Waals surface area contributed by atoms with E-state index in [0.29, 0.717) is 0 Å². The third kappa shape index (κ3) is 1.88. The van der Waals surface area contributed by atoms with Crippen LogP contribution in [0.2, 0.25) is 0 Å². The van der Waals surface area contributed by atoms with Crippen molar-refractivity contribution in [1.29, 1.82) is 0 Å². The zero-order valence-electron chi connectivity index (χ0n) is 8.23. The maximum atomic E-state index is 5.78. The molecule has 72 valence electrons. The molecule has 0 saturated carbocycles. The van der Waals surface area contributed by atoms with E-state index in [1.54, 1.807) is 0 Å². The number of hydrogen-bond donors (Lipinski definition) is 0. The quantitative estimate of drug-likeness (QED) is 0.580. The summed E-state index contributed by atoms with van der Waals surface area (Å²) >= 11 is 0. The van der Waals surface area contributed by atoms with Gasteiger partial charge in [-0.2, -0.15) is 0 Å². The number of fused-ring (bicyclic) bond motifs is 2. The molecule has 0 fully saturated rings. The SMILES string of the molecule is [Sn].c1ccc2c(c1)Cc1ccccc1O2. The van der Waals surface area contributed by atoms with E-state index < -0.39 is 0 Å². The standard InChI is InChI=1S/C13H10O.Sn/c1-3-7-12-10(5-1)9-11-6-2-4-8-13(11)14-12;/h1-8H,9H2;. The Hall–Kier alpha value is -0.961. The van der Waals surface area contributed by atoms with Crippen LogP contribution in [0.4, 0.5) is 0 Å². The van der Waals surface area contributed by atoms with Crippen molar-refractivity contribution in [3.8, 4) is 11.5 Å². The summed E-state index contributed by atoms with van der Waals surface area (Å²) in [4.78, 5) is 0. The van der Waals surface area contributed by atoms with Crippen molar-refractivity contribution in [2.45, 2.75) is 6.42 Å². The van der Waals surface area contributed by atoms with Gasteiger partial charge in [0.1, 0.15) is 11.5 Å². The van der Waals surface area contributed by atoms with Crippen LogP contribution in [0, 0.1) is 0 Å². The van der Waals surface area contributed by atoms with Gasteiger partial charge in [-0.05, 0) is 23.3 Å². The van der Waals surface area contributed by atoms with E-state index in [4.69, 9.17) is 4.74 Å². The smallest absolute Gasteiger partial charge is 0.130 e. The molecule has 0 bridgehead atoms. The number of para-hydroxylation sites is 2. The van der Waals surface area contributed by atoms with E-state index >= 15 is 0 Å². The van der Waals surface area contributed by atoms with Crippen molar-refractivity contribution < 1.29 is 4.74 Å². The average molecular weight is 301 g/mol. The van der Waals surface area contributed by atoms with Gasteiger partial charge >= 0.3 is 0 Å². The zero-order chi connectivity index (χ0) is 9.38. The van der Waals surface area contributed by atoms with E-state index in [1.165, 1.54) is 11.1 Å². The Bertz CT molecular complexity index is 392. The Morgan fingerprint density at radius 2 is 1.20 bits per heavy atom. The molecule has 0 aromatic heterocycles. The summed E-state index contributed by atoms with van der Waals surface area (Å²) in [5.74, 6) is 1.98. The minimum atomic E-state index is 0. The maximum absolute atomic E-state index is 5.78. The first-order valence-corrected chi connectivity index (χ1v) is 4.77. The van der Waals surface area contributed by atoms with Crippen LogP contribution in [0.1, 0.15) is 11.1 Å². The van der Waals surface area contributed by atoms with E-state index in [1.807, 2.05) is 24.3 Å². The van der Waals surface area contributed by atoms with Crippen LogP contribution >= 0.6 is 0 Å². The van der Waals surface area contributed by atoms with Gasteiger partial charge in [-0.1, -0.05) is 36.4 Å². The van der Waals surface area contributed by atoms with Crippen molar-refractivity contribution in [3.05, 3.63) is 59.7 Å². The predicted octanol–water partition coefficient (Wildman–Crippen LogP) is 3.00. The topological polar surface area (TPSA) is 9.23 Å². The molecule has 4 radical (unpaired) electrons. The third-order valence-electron chi connectivity index (χ3n) is 2.55. The molecule has 1 aliphatic rings. The van der Waals surface area contributed by atoms with Gasteiger partial charge in [-0.15, -0.1) is 0 Å². The molecule has 0 unspecified atom stereocenters. The van der Waals surface area contributed by atoms with Crippen LogP contribution in [-0.4, -0.2) is 23.9 Å².